The second-order valence-electron chi connectivity index (χ2n) is 6.85. The Hall–Kier alpha value is -1.11. The first kappa shape index (κ1) is 26.9. The molecule has 0 bridgehead atoms. The van der Waals surface area contributed by atoms with Crippen LogP contribution in [0.4, 0.5) is 0 Å². The number of benzene rings is 1. The summed E-state index contributed by atoms with van der Waals surface area (Å²) in [7, 11) is -3.07. The van der Waals surface area contributed by atoms with Gasteiger partial charge in [-0.3, -0.25) is 0 Å². The van der Waals surface area contributed by atoms with Crippen molar-refractivity contribution < 1.29 is 17.9 Å². The first-order valence-corrected chi connectivity index (χ1v) is 11.9. The summed E-state index contributed by atoms with van der Waals surface area (Å²) >= 11 is 0. The number of halogens is 1. The van der Waals surface area contributed by atoms with Gasteiger partial charge in [0.25, 0.3) is 0 Å². The van der Waals surface area contributed by atoms with Crippen molar-refractivity contribution in [2.24, 2.45) is 4.99 Å². The molecular weight excluding hydrogens is 519 g/mol. The Kier molecular flexibility index (Phi) is 12.6. The molecule has 2 rings (SSSR count). The monoisotopic (exact) mass is 554 g/mol. The van der Waals surface area contributed by atoms with Crippen LogP contribution < -0.4 is 15.4 Å². The third-order valence-electron chi connectivity index (χ3n) is 4.52. The lowest BCUT2D eigenvalue weighted by atomic mass is 10.1. The Bertz CT molecular complexity index is 774. The number of hydrogen-bond acceptors (Lipinski definition) is 5. The molecule has 30 heavy (non-hydrogen) atoms. The van der Waals surface area contributed by atoms with Crippen LogP contribution in [0.15, 0.2) is 23.2 Å². The standard InChI is InChI=1S/C20H34N4O4S.HI/c1-4-21-20(22-9-11-24-10-6-14-29(24,25)26)23-16-18-8-7-17(3)15-19(18)28-13-12-27-5-2;/h7-8,15H,4-6,9-14,16H2,1-3H3,(H2,21,22,23);1H. The largest absolute Gasteiger partial charge is 0.491 e. The zero-order chi connectivity index (χ0) is 21.1. The SMILES string of the molecule is CCNC(=NCc1ccc(C)cc1OCCOCC)NCCN1CCCS1(=O)=O.I. The van der Waals surface area contributed by atoms with Crippen molar-refractivity contribution in [3.05, 3.63) is 29.3 Å². The van der Waals surface area contributed by atoms with Crippen molar-refractivity contribution in [2.75, 3.05) is 51.8 Å². The number of nitrogens with one attached hydrogen (secondary N) is 2. The van der Waals surface area contributed by atoms with Crippen LogP contribution in [0.3, 0.4) is 0 Å². The maximum absolute atomic E-state index is 11.9. The van der Waals surface area contributed by atoms with Gasteiger partial charge in [-0.25, -0.2) is 17.7 Å². The number of aliphatic imine (C=N–C) groups is 1. The van der Waals surface area contributed by atoms with E-state index in [2.05, 4.69) is 15.6 Å². The fourth-order valence-corrected chi connectivity index (χ4v) is 4.56. The minimum absolute atomic E-state index is 0. The lowest BCUT2D eigenvalue weighted by molar-refractivity contribution is 0.110. The van der Waals surface area contributed by atoms with Gasteiger partial charge in [-0.05, 0) is 38.8 Å². The second-order valence-corrected chi connectivity index (χ2v) is 8.94. The van der Waals surface area contributed by atoms with Crippen LogP contribution in [0.2, 0.25) is 0 Å². The Balaban J connectivity index is 0.00000450. The van der Waals surface area contributed by atoms with Gasteiger partial charge in [-0.15, -0.1) is 24.0 Å². The lowest BCUT2D eigenvalue weighted by Gasteiger charge is -2.17. The molecule has 1 aliphatic heterocycles. The van der Waals surface area contributed by atoms with Crippen molar-refractivity contribution in [1.82, 2.24) is 14.9 Å². The fraction of sp³-hybridized carbons (Fsp3) is 0.650. The lowest BCUT2D eigenvalue weighted by Crippen LogP contribution is -2.42. The Morgan fingerprint density at radius 2 is 2.03 bits per heavy atom. The molecule has 10 heteroatoms. The molecule has 0 aromatic heterocycles. The third kappa shape index (κ3) is 8.94. The van der Waals surface area contributed by atoms with E-state index in [1.54, 1.807) is 0 Å². The predicted molar refractivity (Wildman–Crippen MR) is 131 cm³/mol. The number of hydrogen-bond donors (Lipinski definition) is 2. The highest BCUT2D eigenvalue weighted by Gasteiger charge is 2.27. The minimum atomic E-state index is -3.07. The first-order valence-electron chi connectivity index (χ1n) is 10.3. The molecule has 172 valence electrons. The van der Waals surface area contributed by atoms with Crippen molar-refractivity contribution >= 4 is 40.0 Å². The van der Waals surface area contributed by atoms with E-state index in [9.17, 15) is 8.42 Å². The molecule has 1 heterocycles. The molecule has 1 fully saturated rings. The zero-order valence-electron chi connectivity index (χ0n) is 18.1. The summed E-state index contributed by atoms with van der Waals surface area (Å²) in [6, 6.07) is 6.07. The predicted octanol–water partition coefficient (Wildman–Crippen LogP) is 2.12. The van der Waals surface area contributed by atoms with Crippen molar-refractivity contribution in [3.8, 4) is 5.75 Å². The van der Waals surface area contributed by atoms with Crippen LogP contribution in [-0.2, 0) is 21.3 Å². The Labute approximate surface area is 197 Å². The third-order valence-corrected chi connectivity index (χ3v) is 6.48. The highest BCUT2D eigenvalue weighted by molar-refractivity contribution is 14.0. The van der Waals surface area contributed by atoms with E-state index in [1.165, 1.54) is 4.31 Å². The van der Waals surface area contributed by atoms with Crippen LogP contribution in [0.1, 0.15) is 31.4 Å². The fourth-order valence-electron chi connectivity index (χ4n) is 3.03. The molecule has 0 aliphatic carbocycles. The highest BCUT2D eigenvalue weighted by atomic mass is 127. The number of aryl methyl sites for hydroxylation is 1. The quantitative estimate of drug-likeness (QED) is 0.189. The summed E-state index contributed by atoms with van der Waals surface area (Å²) in [6.07, 6.45) is 0.704. The summed E-state index contributed by atoms with van der Waals surface area (Å²) in [5.41, 5.74) is 2.12. The van der Waals surface area contributed by atoms with Gasteiger partial charge >= 0.3 is 0 Å². The topological polar surface area (TPSA) is 92.3 Å². The van der Waals surface area contributed by atoms with E-state index in [1.807, 2.05) is 39.0 Å². The molecule has 0 amide bonds. The number of nitrogens with zero attached hydrogens (tertiary/aromatic N) is 2. The summed E-state index contributed by atoms with van der Waals surface area (Å²) < 4.78 is 36.5. The second kappa shape index (κ2) is 14.0. The first-order chi connectivity index (χ1) is 14.0. The average molecular weight is 554 g/mol. The van der Waals surface area contributed by atoms with Gasteiger partial charge < -0.3 is 20.1 Å². The molecule has 1 aromatic rings. The van der Waals surface area contributed by atoms with E-state index in [4.69, 9.17) is 9.47 Å². The molecule has 1 saturated heterocycles. The molecule has 0 atom stereocenters. The highest BCUT2D eigenvalue weighted by Crippen LogP contribution is 2.21. The molecule has 1 aliphatic rings. The molecule has 2 N–H and O–H groups in total. The molecule has 0 spiro atoms. The van der Waals surface area contributed by atoms with Gasteiger partial charge in [0, 0.05) is 38.3 Å². The molecule has 8 nitrogen and oxygen atoms in total. The van der Waals surface area contributed by atoms with E-state index < -0.39 is 10.0 Å². The van der Waals surface area contributed by atoms with Gasteiger partial charge in [0.1, 0.15) is 12.4 Å². The van der Waals surface area contributed by atoms with Crippen LogP contribution in [0, 0.1) is 6.92 Å². The van der Waals surface area contributed by atoms with E-state index in [0.29, 0.717) is 58.4 Å². The van der Waals surface area contributed by atoms with E-state index in [0.717, 1.165) is 23.4 Å². The number of ether oxygens (including phenoxy) is 2. The van der Waals surface area contributed by atoms with Gasteiger partial charge in [-0.2, -0.15) is 0 Å². The van der Waals surface area contributed by atoms with Crippen LogP contribution in [-0.4, -0.2) is 70.4 Å². The number of rotatable bonds is 11. The van der Waals surface area contributed by atoms with Crippen molar-refractivity contribution in [2.45, 2.75) is 33.7 Å². The summed E-state index contributed by atoms with van der Waals surface area (Å²) in [5, 5.41) is 6.42. The molecule has 1 aromatic carbocycles. The van der Waals surface area contributed by atoms with Crippen LogP contribution >= 0.6 is 24.0 Å². The summed E-state index contributed by atoms with van der Waals surface area (Å²) in [4.78, 5) is 4.63. The number of guanidine groups is 1. The average Bonchev–Trinajstić information content (AvgIpc) is 3.02. The van der Waals surface area contributed by atoms with Gasteiger partial charge in [0.05, 0.1) is 18.9 Å². The van der Waals surface area contributed by atoms with Gasteiger partial charge in [-0.1, -0.05) is 12.1 Å². The van der Waals surface area contributed by atoms with Crippen LogP contribution in [0.5, 0.6) is 5.75 Å². The van der Waals surface area contributed by atoms with Gasteiger partial charge in [0.2, 0.25) is 10.0 Å². The van der Waals surface area contributed by atoms with Crippen molar-refractivity contribution in [3.63, 3.8) is 0 Å². The number of sulfonamides is 1. The maximum atomic E-state index is 11.9. The summed E-state index contributed by atoms with van der Waals surface area (Å²) in [5.74, 6) is 1.72. The maximum Gasteiger partial charge on any atom is 0.214 e. The Morgan fingerprint density at radius 1 is 1.23 bits per heavy atom. The molecule has 0 saturated carbocycles. The zero-order valence-corrected chi connectivity index (χ0v) is 21.3. The normalized spacial score (nSPS) is 16.2. The molecular formula is C20H35IN4O4S. The van der Waals surface area contributed by atoms with E-state index in [-0.39, 0.29) is 29.7 Å². The molecule has 0 unspecified atom stereocenters. The van der Waals surface area contributed by atoms with Crippen molar-refractivity contribution in [1.29, 1.82) is 0 Å². The minimum Gasteiger partial charge on any atom is -0.491 e. The summed E-state index contributed by atoms with van der Waals surface area (Å²) in [6.45, 7) is 10.4. The Morgan fingerprint density at radius 3 is 2.70 bits per heavy atom. The van der Waals surface area contributed by atoms with E-state index >= 15 is 0 Å². The van der Waals surface area contributed by atoms with Gasteiger partial charge in [0.15, 0.2) is 5.96 Å². The smallest absolute Gasteiger partial charge is 0.214 e. The molecule has 0 radical (unpaired) electrons. The van der Waals surface area contributed by atoms with Crippen LogP contribution in [0.25, 0.3) is 0 Å².